The minimum Gasteiger partial charge on any atom is -0.508 e. The van der Waals surface area contributed by atoms with Gasteiger partial charge in [-0.15, -0.1) is 0 Å². The number of piperidine rings is 1. The number of phenolic OH excluding ortho intramolecular Hbond substituents is 1. The molecule has 0 radical (unpaired) electrons. The molecule has 38 heavy (non-hydrogen) atoms. The zero-order chi connectivity index (χ0) is 26.9. The van der Waals surface area contributed by atoms with Crippen LogP contribution in [0.5, 0.6) is 5.75 Å². The Bertz CT molecular complexity index is 1160. The highest BCUT2D eigenvalue weighted by atomic mass is 19.1. The number of carbonyl (C=O) groups excluding carboxylic acids is 1. The number of likely N-dealkylation sites (tertiary alicyclic amines) is 1. The van der Waals surface area contributed by atoms with Crippen LogP contribution in [0.1, 0.15) is 55.5 Å². The van der Waals surface area contributed by atoms with Gasteiger partial charge in [-0.05, 0) is 106 Å². The lowest BCUT2D eigenvalue weighted by atomic mass is 10.00. The van der Waals surface area contributed by atoms with Gasteiger partial charge in [0.05, 0.1) is 0 Å². The van der Waals surface area contributed by atoms with Gasteiger partial charge >= 0.3 is 0 Å². The summed E-state index contributed by atoms with van der Waals surface area (Å²) in [5, 5.41) is 9.86. The average molecular weight is 518 g/mol. The lowest BCUT2D eigenvalue weighted by molar-refractivity contribution is 0.0764. The third-order valence-electron chi connectivity index (χ3n) is 7.48. The normalized spacial score (nSPS) is 14.4. The van der Waals surface area contributed by atoms with E-state index in [9.17, 15) is 14.3 Å². The van der Waals surface area contributed by atoms with Crippen LogP contribution in [0.3, 0.4) is 0 Å². The van der Waals surface area contributed by atoms with Gasteiger partial charge in [-0.25, -0.2) is 4.39 Å². The summed E-state index contributed by atoms with van der Waals surface area (Å²) in [6, 6.07) is 22.6. The highest BCUT2D eigenvalue weighted by Gasteiger charge is 2.26. The number of aromatic hydroxyl groups is 1. The first-order valence-electron chi connectivity index (χ1n) is 13.9. The summed E-state index contributed by atoms with van der Waals surface area (Å²) in [5.74, 6) is 0.201. The van der Waals surface area contributed by atoms with Crippen molar-refractivity contribution in [3.05, 3.63) is 89.7 Å². The lowest BCUT2D eigenvalue weighted by Crippen LogP contribution is -2.43. The van der Waals surface area contributed by atoms with Crippen molar-refractivity contribution in [2.45, 2.75) is 52.0 Å². The van der Waals surface area contributed by atoms with Gasteiger partial charge in [0.15, 0.2) is 0 Å². The number of nitrogens with zero attached hydrogens (tertiary/aromatic N) is 3. The number of halogens is 1. The SMILES string of the molecule is CCCN(CC)C(=O)c1ccc(N(c2ccc(O)cc2)C2CCN(CCCc3ccccc3F)CC2)cc1. The van der Waals surface area contributed by atoms with Gasteiger partial charge in [0.1, 0.15) is 11.6 Å². The van der Waals surface area contributed by atoms with E-state index < -0.39 is 0 Å². The largest absolute Gasteiger partial charge is 0.508 e. The lowest BCUT2D eigenvalue weighted by Gasteiger charge is -2.40. The predicted molar refractivity (Wildman–Crippen MR) is 153 cm³/mol. The smallest absolute Gasteiger partial charge is 0.253 e. The average Bonchev–Trinajstić information content (AvgIpc) is 2.95. The third-order valence-corrected chi connectivity index (χ3v) is 7.48. The number of hydrogen-bond donors (Lipinski definition) is 1. The fourth-order valence-corrected chi connectivity index (χ4v) is 5.40. The van der Waals surface area contributed by atoms with Crippen molar-refractivity contribution in [3.63, 3.8) is 0 Å². The number of anilines is 2. The third kappa shape index (κ3) is 6.93. The van der Waals surface area contributed by atoms with E-state index in [1.165, 1.54) is 6.07 Å². The van der Waals surface area contributed by atoms with Crippen molar-refractivity contribution < 1.29 is 14.3 Å². The Morgan fingerprint density at radius 2 is 1.58 bits per heavy atom. The Morgan fingerprint density at radius 1 is 0.947 bits per heavy atom. The summed E-state index contributed by atoms with van der Waals surface area (Å²) in [5.41, 5.74) is 3.57. The molecule has 4 rings (SSSR count). The van der Waals surface area contributed by atoms with Gasteiger partial charge in [-0.3, -0.25) is 4.79 Å². The van der Waals surface area contributed by atoms with Gasteiger partial charge in [0.2, 0.25) is 0 Å². The van der Waals surface area contributed by atoms with Crippen molar-refractivity contribution in [2.24, 2.45) is 0 Å². The quantitative estimate of drug-likeness (QED) is 0.310. The fourth-order valence-electron chi connectivity index (χ4n) is 5.40. The molecule has 1 saturated heterocycles. The molecule has 0 unspecified atom stereocenters. The maximum Gasteiger partial charge on any atom is 0.253 e. The zero-order valence-corrected chi connectivity index (χ0v) is 22.7. The minimum atomic E-state index is -0.115. The van der Waals surface area contributed by atoms with Crippen LogP contribution in [0.4, 0.5) is 15.8 Å². The Morgan fingerprint density at radius 3 is 2.18 bits per heavy atom. The number of carbonyl (C=O) groups is 1. The van der Waals surface area contributed by atoms with Crippen LogP contribution in [0.25, 0.3) is 0 Å². The van der Waals surface area contributed by atoms with E-state index >= 15 is 0 Å². The van der Waals surface area contributed by atoms with Gasteiger partial charge in [-0.2, -0.15) is 0 Å². The Kier molecular flexibility index (Phi) is 9.77. The van der Waals surface area contributed by atoms with Crippen molar-refractivity contribution >= 4 is 17.3 Å². The molecular weight excluding hydrogens is 477 g/mol. The highest BCUT2D eigenvalue weighted by Crippen LogP contribution is 2.33. The van der Waals surface area contributed by atoms with Crippen molar-refractivity contribution in [1.82, 2.24) is 9.80 Å². The summed E-state index contributed by atoms with van der Waals surface area (Å²) in [7, 11) is 0. The monoisotopic (exact) mass is 517 g/mol. The number of amides is 1. The second-order valence-electron chi connectivity index (χ2n) is 10.1. The van der Waals surface area contributed by atoms with Crippen molar-refractivity contribution in [1.29, 1.82) is 0 Å². The van der Waals surface area contributed by atoms with E-state index in [0.29, 0.717) is 18.2 Å². The Labute approximate surface area is 226 Å². The van der Waals surface area contributed by atoms with Crippen molar-refractivity contribution in [3.8, 4) is 5.75 Å². The molecule has 202 valence electrons. The van der Waals surface area contributed by atoms with Crippen LogP contribution in [-0.2, 0) is 6.42 Å². The van der Waals surface area contributed by atoms with E-state index in [2.05, 4.69) is 16.7 Å². The maximum atomic E-state index is 13.9. The van der Waals surface area contributed by atoms with Gasteiger partial charge in [0.25, 0.3) is 5.91 Å². The molecule has 1 aliphatic rings. The molecule has 0 bridgehead atoms. The molecule has 0 aromatic heterocycles. The van der Waals surface area contributed by atoms with E-state index in [4.69, 9.17) is 0 Å². The van der Waals surface area contributed by atoms with Crippen LogP contribution in [0.2, 0.25) is 0 Å². The number of aryl methyl sites for hydroxylation is 1. The van der Waals surface area contributed by atoms with Gasteiger partial charge < -0.3 is 19.8 Å². The number of benzene rings is 3. The molecule has 0 saturated carbocycles. The molecule has 0 atom stereocenters. The molecule has 6 heteroatoms. The first-order valence-corrected chi connectivity index (χ1v) is 13.9. The minimum absolute atomic E-state index is 0.0702. The molecule has 1 amide bonds. The topological polar surface area (TPSA) is 47.0 Å². The van der Waals surface area contributed by atoms with E-state index in [1.54, 1.807) is 18.2 Å². The molecule has 0 aliphatic carbocycles. The van der Waals surface area contributed by atoms with Crippen LogP contribution in [0, 0.1) is 5.82 Å². The molecule has 1 N–H and O–H groups in total. The van der Waals surface area contributed by atoms with Crippen molar-refractivity contribution in [2.75, 3.05) is 37.6 Å². The van der Waals surface area contributed by atoms with E-state index in [1.807, 2.05) is 60.4 Å². The summed E-state index contributed by atoms with van der Waals surface area (Å²) in [6.45, 7) is 8.49. The Balaban J connectivity index is 1.43. The maximum absolute atomic E-state index is 13.9. The molecule has 5 nitrogen and oxygen atoms in total. The van der Waals surface area contributed by atoms with Crippen LogP contribution in [-0.4, -0.2) is 59.6 Å². The molecule has 1 aliphatic heterocycles. The summed E-state index contributed by atoms with van der Waals surface area (Å²) in [6.07, 6.45) is 4.64. The molecular formula is C32H40FN3O2. The van der Waals surface area contributed by atoms with E-state index in [0.717, 1.165) is 75.2 Å². The first kappa shape index (κ1) is 27.6. The fraction of sp³-hybridized carbons (Fsp3) is 0.406. The summed E-state index contributed by atoms with van der Waals surface area (Å²) >= 11 is 0. The summed E-state index contributed by atoms with van der Waals surface area (Å²) < 4.78 is 13.9. The first-order chi connectivity index (χ1) is 18.5. The molecule has 0 spiro atoms. The van der Waals surface area contributed by atoms with Crippen LogP contribution in [0.15, 0.2) is 72.8 Å². The van der Waals surface area contributed by atoms with Crippen LogP contribution < -0.4 is 4.90 Å². The second kappa shape index (κ2) is 13.4. The Hall–Kier alpha value is -3.38. The molecule has 1 fully saturated rings. The molecule has 1 heterocycles. The standard InChI is InChI=1S/C32H40FN3O2/c1-3-21-35(4-2)32(38)26-11-13-27(14-12-26)36(28-15-17-30(37)18-16-28)29-19-23-34(24-20-29)22-7-9-25-8-5-6-10-31(25)33/h5-6,8,10-18,29,37H,3-4,7,9,19-24H2,1-2H3. The summed E-state index contributed by atoms with van der Waals surface area (Å²) in [4.78, 5) is 19.6. The van der Waals surface area contributed by atoms with E-state index in [-0.39, 0.29) is 17.5 Å². The van der Waals surface area contributed by atoms with Gasteiger partial charge in [0, 0.05) is 49.2 Å². The number of rotatable bonds is 11. The second-order valence-corrected chi connectivity index (χ2v) is 10.1. The van der Waals surface area contributed by atoms with Crippen LogP contribution >= 0.6 is 0 Å². The number of phenols is 1. The molecule has 3 aromatic carbocycles. The predicted octanol–water partition coefficient (Wildman–Crippen LogP) is 6.64. The highest BCUT2D eigenvalue weighted by molar-refractivity contribution is 5.94. The number of hydrogen-bond acceptors (Lipinski definition) is 4. The zero-order valence-electron chi connectivity index (χ0n) is 22.7. The molecule has 3 aromatic rings. The van der Waals surface area contributed by atoms with Gasteiger partial charge in [-0.1, -0.05) is 25.1 Å².